The summed E-state index contributed by atoms with van der Waals surface area (Å²) in [5.74, 6) is -0.398. The number of likely N-dealkylation sites (N-methyl/N-ethyl adjacent to an activating group) is 1. The van der Waals surface area contributed by atoms with Crippen molar-refractivity contribution in [3.8, 4) is 0 Å². The van der Waals surface area contributed by atoms with Crippen LogP contribution in [0, 0.1) is 0 Å². The highest BCUT2D eigenvalue weighted by molar-refractivity contribution is 7.90. The van der Waals surface area contributed by atoms with Crippen LogP contribution in [0.3, 0.4) is 0 Å². The van der Waals surface area contributed by atoms with Gasteiger partial charge in [0.2, 0.25) is 5.91 Å². The van der Waals surface area contributed by atoms with E-state index in [1.807, 2.05) is 4.90 Å². The fourth-order valence-electron chi connectivity index (χ4n) is 3.80. The Kier molecular flexibility index (Phi) is 8.03. The number of ketones is 2. The number of amides is 1. The molecule has 4 rings (SSSR count). The second kappa shape index (κ2) is 10.8. The molecule has 0 spiro atoms. The van der Waals surface area contributed by atoms with Crippen LogP contribution in [0.1, 0.15) is 38.3 Å². The highest BCUT2D eigenvalue weighted by atomic mass is 32.2. The first-order valence-corrected chi connectivity index (χ1v) is 12.9. The minimum absolute atomic E-state index is 0.0387. The minimum atomic E-state index is -3.42. The number of rotatable bonds is 4. The molecule has 2 aromatic rings. The van der Waals surface area contributed by atoms with E-state index < -0.39 is 9.84 Å². The quantitative estimate of drug-likeness (QED) is 0.383. The lowest BCUT2D eigenvalue weighted by Crippen LogP contribution is -2.47. The van der Waals surface area contributed by atoms with Crippen molar-refractivity contribution >= 4 is 33.3 Å². The lowest BCUT2D eigenvalue weighted by Gasteiger charge is -2.32. The zero-order valence-electron chi connectivity index (χ0n) is 19.7. The maximum atomic E-state index is 12.4. The summed E-state index contributed by atoms with van der Waals surface area (Å²) in [6.07, 6.45) is 1.46. The first-order valence-electron chi connectivity index (χ1n) is 11.0. The molecule has 2 aliphatic rings. The summed E-state index contributed by atoms with van der Waals surface area (Å²) in [5, 5.41) is 0. The van der Waals surface area contributed by atoms with Gasteiger partial charge in [-0.3, -0.25) is 19.4 Å². The molecule has 0 unspecified atom stereocenters. The van der Waals surface area contributed by atoms with Gasteiger partial charge in [-0.2, -0.15) is 0 Å². The molecule has 1 amide bonds. The maximum absolute atomic E-state index is 12.4. The molecule has 1 aliphatic carbocycles. The smallest absolute Gasteiger partial charge is 0.224 e. The van der Waals surface area contributed by atoms with Crippen LogP contribution in [0.2, 0.25) is 0 Å². The summed E-state index contributed by atoms with van der Waals surface area (Å²) in [5.41, 5.74) is 11.4. The summed E-state index contributed by atoms with van der Waals surface area (Å²) >= 11 is 0. The van der Waals surface area contributed by atoms with E-state index in [-0.39, 0.29) is 39.5 Å². The van der Waals surface area contributed by atoms with Crippen LogP contribution in [0.4, 0.5) is 0 Å². The van der Waals surface area contributed by atoms with Crippen LogP contribution >= 0.6 is 0 Å². The fraction of sp³-hybridized carbons (Fsp3) is 0.333. The van der Waals surface area contributed by atoms with Crippen molar-refractivity contribution in [3.05, 3.63) is 64.7 Å². The van der Waals surface area contributed by atoms with Gasteiger partial charge in [-0.15, -0.1) is 0 Å². The Hall–Kier alpha value is -3.57. The number of fused-ring (bicyclic) bond motifs is 2. The summed E-state index contributed by atoms with van der Waals surface area (Å²) in [7, 11) is -1.36. The molecule has 4 N–H and O–H groups in total. The lowest BCUT2D eigenvalue weighted by atomic mass is 9.84. The fourth-order valence-corrected chi connectivity index (χ4v) is 4.45. The van der Waals surface area contributed by atoms with Gasteiger partial charge in [-0.1, -0.05) is 24.3 Å². The minimum Gasteiger partial charge on any atom is -0.370 e. The third-order valence-corrected chi connectivity index (χ3v) is 6.91. The number of carbonyl (C=O) groups excluding carboxylic acids is 3. The van der Waals surface area contributed by atoms with Crippen molar-refractivity contribution in [3.63, 3.8) is 0 Å². The zero-order chi connectivity index (χ0) is 25.8. The Morgan fingerprint density at radius 2 is 1.46 bits per heavy atom. The van der Waals surface area contributed by atoms with E-state index >= 15 is 0 Å². The molecule has 0 aromatic heterocycles. The van der Waals surface area contributed by atoms with Crippen molar-refractivity contribution in [2.24, 2.45) is 16.5 Å². The average molecular weight is 500 g/mol. The predicted molar refractivity (Wildman–Crippen MR) is 132 cm³/mol. The third kappa shape index (κ3) is 6.31. The van der Waals surface area contributed by atoms with Gasteiger partial charge in [0.15, 0.2) is 27.4 Å². The second-order valence-corrected chi connectivity index (χ2v) is 10.4. The molecule has 35 heavy (non-hydrogen) atoms. The van der Waals surface area contributed by atoms with E-state index in [9.17, 15) is 22.8 Å². The number of benzene rings is 2. The summed E-state index contributed by atoms with van der Waals surface area (Å²) in [6, 6.07) is 10.6. The molecule has 0 radical (unpaired) electrons. The van der Waals surface area contributed by atoms with Crippen LogP contribution in [-0.2, 0) is 14.6 Å². The van der Waals surface area contributed by atoms with E-state index in [0.29, 0.717) is 24.1 Å². The molecular formula is C24H29N5O5S. The number of piperazine rings is 1. The van der Waals surface area contributed by atoms with E-state index in [2.05, 4.69) is 16.9 Å². The summed E-state index contributed by atoms with van der Waals surface area (Å²) < 4.78 is 23.1. The van der Waals surface area contributed by atoms with Crippen LogP contribution < -0.4 is 11.5 Å². The molecule has 1 heterocycles. The van der Waals surface area contributed by atoms with Gasteiger partial charge >= 0.3 is 0 Å². The topological polar surface area (TPSA) is 156 Å². The largest absolute Gasteiger partial charge is 0.370 e. The van der Waals surface area contributed by atoms with E-state index in [1.165, 1.54) is 18.2 Å². The molecule has 1 saturated heterocycles. The molecule has 186 valence electrons. The molecular weight excluding hydrogens is 470 g/mol. The molecule has 0 atom stereocenters. The van der Waals surface area contributed by atoms with Gasteiger partial charge in [0, 0.05) is 61.1 Å². The van der Waals surface area contributed by atoms with E-state index in [1.54, 1.807) is 24.3 Å². The van der Waals surface area contributed by atoms with Gasteiger partial charge in [0.1, 0.15) is 0 Å². The molecule has 10 nitrogen and oxygen atoms in total. The third-order valence-electron chi connectivity index (χ3n) is 5.80. The number of guanidine groups is 1. The van der Waals surface area contributed by atoms with Crippen molar-refractivity contribution in [1.82, 2.24) is 9.80 Å². The van der Waals surface area contributed by atoms with Gasteiger partial charge in [0.05, 0.1) is 11.4 Å². The van der Waals surface area contributed by atoms with Crippen LogP contribution in [0.25, 0.3) is 0 Å². The van der Waals surface area contributed by atoms with Crippen LogP contribution in [-0.4, -0.2) is 87.7 Å². The monoisotopic (exact) mass is 499 g/mol. The molecule has 1 fully saturated rings. The van der Waals surface area contributed by atoms with Crippen molar-refractivity contribution in [2.75, 3.05) is 46.0 Å². The van der Waals surface area contributed by atoms with Gasteiger partial charge in [0.25, 0.3) is 0 Å². The average Bonchev–Trinajstić information content (AvgIpc) is 2.82. The Bertz CT molecular complexity index is 1280. The first kappa shape index (κ1) is 26.0. The van der Waals surface area contributed by atoms with Gasteiger partial charge in [-0.25, -0.2) is 8.42 Å². The normalized spacial score (nSPS) is 15.4. The predicted octanol–water partition coefficient (Wildman–Crippen LogP) is 0.289. The first-order chi connectivity index (χ1) is 16.5. The Morgan fingerprint density at radius 1 is 0.914 bits per heavy atom. The SMILES string of the molecule is CN1CCN(C(=O)CCN=C(N)N)CC1.CS(=O)(=O)c1ccc2c(c1)C(=O)c1ccccc1C2=O. The number of hydrogen-bond acceptors (Lipinski definition) is 7. The molecule has 2 aromatic carbocycles. The lowest BCUT2D eigenvalue weighted by molar-refractivity contribution is -0.132. The Balaban J connectivity index is 0.000000205. The van der Waals surface area contributed by atoms with E-state index in [4.69, 9.17) is 11.5 Å². The van der Waals surface area contributed by atoms with Gasteiger partial charge in [-0.05, 0) is 25.2 Å². The second-order valence-electron chi connectivity index (χ2n) is 8.42. The molecule has 11 heteroatoms. The molecule has 0 saturated carbocycles. The number of carbonyl (C=O) groups is 3. The van der Waals surface area contributed by atoms with Gasteiger partial charge < -0.3 is 21.3 Å². The zero-order valence-corrected chi connectivity index (χ0v) is 20.5. The van der Waals surface area contributed by atoms with Crippen molar-refractivity contribution < 1.29 is 22.8 Å². The molecule has 0 bridgehead atoms. The number of nitrogens with zero attached hydrogens (tertiary/aromatic N) is 3. The van der Waals surface area contributed by atoms with Crippen LogP contribution in [0.15, 0.2) is 52.4 Å². The standard InChI is InChI=1S/C15H10O4S.C9H19N5O/c1-20(18,19)9-6-7-12-13(8-9)15(17)11-5-3-2-4-10(11)14(12)16;1-13-4-6-14(7-5-13)8(15)2-3-12-9(10)11/h2-8H,1H3;2-7H2,1H3,(H4,10,11,12). The van der Waals surface area contributed by atoms with Crippen molar-refractivity contribution in [1.29, 1.82) is 0 Å². The molecule has 1 aliphatic heterocycles. The Labute approximate surface area is 204 Å². The number of aliphatic imine (C=N–C) groups is 1. The summed E-state index contributed by atoms with van der Waals surface area (Å²) in [6.45, 7) is 3.86. The Morgan fingerprint density at radius 3 is 2.00 bits per heavy atom. The summed E-state index contributed by atoms with van der Waals surface area (Å²) in [4.78, 5) is 44.2. The number of sulfone groups is 1. The maximum Gasteiger partial charge on any atom is 0.224 e. The van der Waals surface area contributed by atoms with Crippen LogP contribution in [0.5, 0.6) is 0 Å². The van der Waals surface area contributed by atoms with E-state index in [0.717, 1.165) is 32.4 Å². The highest BCUT2D eigenvalue weighted by Crippen LogP contribution is 2.28. The van der Waals surface area contributed by atoms with Crippen molar-refractivity contribution in [2.45, 2.75) is 11.3 Å². The number of hydrogen-bond donors (Lipinski definition) is 2. The highest BCUT2D eigenvalue weighted by Gasteiger charge is 2.30. The number of nitrogens with two attached hydrogens (primary N) is 2.